The van der Waals surface area contributed by atoms with E-state index < -0.39 is 0 Å². The lowest BCUT2D eigenvalue weighted by Gasteiger charge is -2.39. The molecule has 0 aromatic heterocycles. The smallest absolute Gasteiger partial charge is 0.0383 e. The van der Waals surface area contributed by atoms with Crippen LogP contribution in [0.2, 0.25) is 0 Å². The van der Waals surface area contributed by atoms with E-state index in [2.05, 4.69) is 27.4 Å². The molecule has 0 saturated carbocycles. The molecule has 0 saturated heterocycles. The number of hydrogen-bond donors (Lipinski definition) is 1. The number of rotatable bonds is 1. The van der Waals surface area contributed by atoms with Gasteiger partial charge in [-0.1, -0.05) is 32.9 Å². The molecular weight excluding hydrogens is 122 g/mol. The van der Waals surface area contributed by atoms with E-state index in [4.69, 9.17) is 5.73 Å². The third-order valence-electron chi connectivity index (χ3n) is 2.44. The van der Waals surface area contributed by atoms with Crippen LogP contribution in [0.15, 0.2) is 12.2 Å². The molecule has 0 aliphatic carbocycles. The van der Waals surface area contributed by atoms with E-state index in [9.17, 15) is 0 Å². The minimum absolute atomic E-state index is 0.0961. The molecule has 1 nitrogen and oxygen atoms in total. The monoisotopic (exact) mass is 141 g/mol. The van der Waals surface area contributed by atoms with Crippen LogP contribution in [-0.2, 0) is 0 Å². The van der Waals surface area contributed by atoms with Crippen molar-refractivity contribution < 1.29 is 0 Å². The summed E-state index contributed by atoms with van der Waals surface area (Å²) in [6.45, 7) is 14.2. The van der Waals surface area contributed by atoms with Gasteiger partial charge in [-0.2, -0.15) is 0 Å². The van der Waals surface area contributed by atoms with Crippen LogP contribution < -0.4 is 5.73 Å². The zero-order valence-electron chi connectivity index (χ0n) is 7.78. The number of nitrogens with two attached hydrogens (primary N) is 1. The standard InChI is InChI=1S/C9H19N/c1-7(2)9(6,10)8(3,4)5/h1,10H2,2-6H3. The molecule has 10 heavy (non-hydrogen) atoms. The molecule has 0 rings (SSSR count). The molecule has 0 bridgehead atoms. The summed E-state index contributed by atoms with van der Waals surface area (Å²) >= 11 is 0. The molecule has 0 fully saturated rings. The zero-order chi connectivity index (χ0) is 8.58. The van der Waals surface area contributed by atoms with Gasteiger partial charge < -0.3 is 5.73 Å². The molecule has 0 amide bonds. The van der Waals surface area contributed by atoms with Crippen LogP contribution in [0.3, 0.4) is 0 Å². The molecule has 0 aliphatic heterocycles. The largest absolute Gasteiger partial charge is 0.321 e. The van der Waals surface area contributed by atoms with Gasteiger partial charge in [0.2, 0.25) is 0 Å². The summed E-state index contributed by atoms with van der Waals surface area (Å²) in [5.41, 5.74) is 6.92. The van der Waals surface area contributed by atoms with Crippen molar-refractivity contribution in [1.82, 2.24) is 0 Å². The van der Waals surface area contributed by atoms with Crippen LogP contribution in [0.5, 0.6) is 0 Å². The maximum atomic E-state index is 6.04. The van der Waals surface area contributed by atoms with E-state index in [-0.39, 0.29) is 11.0 Å². The van der Waals surface area contributed by atoms with Gasteiger partial charge in [-0.05, 0) is 19.3 Å². The predicted octanol–water partition coefficient (Wildman–Crippen LogP) is 2.33. The Hall–Kier alpha value is -0.300. The topological polar surface area (TPSA) is 26.0 Å². The summed E-state index contributed by atoms with van der Waals surface area (Å²) in [7, 11) is 0. The maximum Gasteiger partial charge on any atom is 0.0383 e. The van der Waals surface area contributed by atoms with Gasteiger partial charge in [0.05, 0.1) is 0 Å². The van der Waals surface area contributed by atoms with E-state index in [1.54, 1.807) is 0 Å². The molecule has 1 atom stereocenters. The van der Waals surface area contributed by atoms with Gasteiger partial charge in [0.25, 0.3) is 0 Å². The Labute approximate surface area is 64.3 Å². The highest BCUT2D eigenvalue weighted by molar-refractivity contribution is 5.15. The van der Waals surface area contributed by atoms with Crippen molar-refractivity contribution in [1.29, 1.82) is 0 Å². The minimum Gasteiger partial charge on any atom is -0.321 e. The summed E-state index contributed by atoms with van der Waals surface area (Å²) in [5.74, 6) is 0. The second-order valence-corrected chi connectivity index (χ2v) is 4.23. The first-order chi connectivity index (χ1) is 4.19. The molecule has 1 unspecified atom stereocenters. The molecule has 1 heteroatoms. The van der Waals surface area contributed by atoms with Crippen molar-refractivity contribution in [2.24, 2.45) is 11.1 Å². The van der Waals surface area contributed by atoms with E-state index >= 15 is 0 Å². The van der Waals surface area contributed by atoms with Gasteiger partial charge in [0.1, 0.15) is 0 Å². The highest BCUT2D eigenvalue weighted by Crippen LogP contribution is 2.32. The molecule has 60 valence electrons. The van der Waals surface area contributed by atoms with Gasteiger partial charge in [0.15, 0.2) is 0 Å². The predicted molar refractivity (Wildman–Crippen MR) is 46.9 cm³/mol. The van der Waals surface area contributed by atoms with Gasteiger partial charge in [-0.15, -0.1) is 0 Å². The SMILES string of the molecule is C=C(C)C(C)(N)C(C)(C)C. The molecule has 0 aliphatic rings. The van der Waals surface area contributed by atoms with Crippen molar-refractivity contribution in [3.63, 3.8) is 0 Å². The fraction of sp³-hybridized carbons (Fsp3) is 0.778. The molecular formula is C9H19N. The van der Waals surface area contributed by atoms with Crippen molar-refractivity contribution >= 4 is 0 Å². The average molecular weight is 141 g/mol. The quantitative estimate of drug-likeness (QED) is 0.557. The first-order valence-corrected chi connectivity index (χ1v) is 3.64. The molecule has 2 N–H and O–H groups in total. The summed E-state index contributed by atoms with van der Waals surface area (Å²) < 4.78 is 0. The van der Waals surface area contributed by atoms with Crippen molar-refractivity contribution in [2.75, 3.05) is 0 Å². The van der Waals surface area contributed by atoms with E-state index in [1.807, 2.05) is 13.8 Å². The Morgan fingerprint density at radius 1 is 1.20 bits per heavy atom. The maximum absolute atomic E-state index is 6.04. The molecule has 0 heterocycles. The van der Waals surface area contributed by atoms with Crippen LogP contribution in [0.1, 0.15) is 34.6 Å². The summed E-state index contributed by atoms with van der Waals surface area (Å²) in [5, 5.41) is 0. The normalized spacial score (nSPS) is 18.2. The lowest BCUT2D eigenvalue weighted by molar-refractivity contribution is 0.249. The Balaban J connectivity index is 4.57. The summed E-state index contributed by atoms with van der Waals surface area (Å²) in [4.78, 5) is 0. The van der Waals surface area contributed by atoms with E-state index in [0.717, 1.165) is 5.57 Å². The van der Waals surface area contributed by atoms with Crippen LogP contribution >= 0.6 is 0 Å². The van der Waals surface area contributed by atoms with Gasteiger partial charge >= 0.3 is 0 Å². The van der Waals surface area contributed by atoms with Gasteiger partial charge in [-0.25, -0.2) is 0 Å². The first-order valence-electron chi connectivity index (χ1n) is 3.64. The Bertz CT molecular complexity index is 137. The Morgan fingerprint density at radius 3 is 1.50 bits per heavy atom. The van der Waals surface area contributed by atoms with Crippen LogP contribution in [-0.4, -0.2) is 5.54 Å². The summed E-state index contributed by atoms with van der Waals surface area (Å²) in [6.07, 6.45) is 0. The van der Waals surface area contributed by atoms with Gasteiger partial charge in [-0.3, -0.25) is 0 Å². The van der Waals surface area contributed by atoms with Crippen molar-refractivity contribution in [2.45, 2.75) is 40.2 Å². The first kappa shape index (κ1) is 9.70. The van der Waals surface area contributed by atoms with Gasteiger partial charge in [0, 0.05) is 5.54 Å². The average Bonchev–Trinajstić information content (AvgIpc) is 1.62. The molecule has 0 aromatic rings. The Kier molecular flexibility index (Phi) is 2.32. The number of hydrogen-bond acceptors (Lipinski definition) is 1. The summed E-state index contributed by atoms with van der Waals surface area (Å²) in [6, 6.07) is 0. The lowest BCUT2D eigenvalue weighted by atomic mass is 9.72. The fourth-order valence-corrected chi connectivity index (χ4v) is 0.640. The van der Waals surface area contributed by atoms with Crippen molar-refractivity contribution in [3.05, 3.63) is 12.2 Å². The van der Waals surface area contributed by atoms with Crippen LogP contribution in [0.4, 0.5) is 0 Å². The van der Waals surface area contributed by atoms with Crippen LogP contribution in [0.25, 0.3) is 0 Å². The molecule has 0 radical (unpaired) electrons. The second-order valence-electron chi connectivity index (χ2n) is 4.23. The zero-order valence-corrected chi connectivity index (χ0v) is 7.78. The highest BCUT2D eigenvalue weighted by atomic mass is 14.8. The molecule has 0 aromatic carbocycles. The lowest BCUT2D eigenvalue weighted by Crippen LogP contribution is -2.49. The molecule has 0 spiro atoms. The minimum atomic E-state index is -0.257. The highest BCUT2D eigenvalue weighted by Gasteiger charge is 2.33. The second kappa shape index (κ2) is 2.39. The Morgan fingerprint density at radius 2 is 1.50 bits per heavy atom. The third kappa shape index (κ3) is 1.60. The van der Waals surface area contributed by atoms with Crippen LogP contribution in [0, 0.1) is 5.41 Å². The van der Waals surface area contributed by atoms with E-state index in [1.165, 1.54) is 0 Å². The fourth-order valence-electron chi connectivity index (χ4n) is 0.640. The third-order valence-corrected chi connectivity index (χ3v) is 2.44. The van der Waals surface area contributed by atoms with E-state index in [0.29, 0.717) is 0 Å². The van der Waals surface area contributed by atoms with Crippen molar-refractivity contribution in [3.8, 4) is 0 Å².